The summed E-state index contributed by atoms with van der Waals surface area (Å²) in [7, 11) is 0. The molecule has 1 aromatic carbocycles. The van der Waals surface area contributed by atoms with E-state index in [1.165, 1.54) is 23.0 Å². The van der Waals surface area contributed by atoms with Gasteiger partial charge in [-0.2, -0.15) is 0 Å². The number of rotatable bonds is 1. The molecule has 0 aliphatic heterocycles. The molecule has 0 aliphatic rings. The molecule has 1 aromatic heterocycles. The molecule has 0 fully saturated rings. The molecular weight excluding hydrogens is 200 g/mol. The highest BCUT2D eigenvalue weighted by atomic mass is 19.1. The second-order valence-electron chi connectivity index (χ2n) is 3.17. The Morgan fingerprint density at radius 2 is 1.93 bits per heavy atom. The Labute approximate surface area is 85.4 Å². The summed E-state index contributed by atoms with van der Waals surface area (Å²) in [6.45, 7) is 3.55. The SMILES string of the molecule is [CH2]c1cn(-c2ccc(F)cc2F)cc1O. The van der Waals surface area contributed by atoms with Crippen LogP contribution in [0.1, 0.15) is 5.56 Å². The van der Waals surface area contributed by atoms with Gasteiger partial charge in [-0.05, 0) is 19.1 Å². The normalized spacial score (nSPS) is 10.6. The predicted molar refractivity (Wildman–Crippen MR) is 51.8 cm³/mol. The first-order valence-electron chi connectivity index (χ1n) is 4.26. The van der Waals surface area contributed by atoms with Crippen molar-refractivity contribution in [3.05, 3.63) is 54.7 Å². The minimum atomic E-state index is -0.690. The Bertz CT molecular complexity index is 486. The van der Waals surface area contributed by atoms with Crippen molar-refractivity contribution in [3.63, 3.8) is 0 Å². The standard InChI is InChI=1S/C11H8F2NO/c1-7-5-14(6-11(7)15)10-3-2-8(12)4-9(10)13/h2-6,15H,1H2. The van der Waals surface area contributed by atoms with Gasteiger partial charge in [0.1, 0.15) is 17.4 Å². The minimum absolute atomic E-state index is 0.0290. The van der Waals surface area contributed by atoms with Gasteiger partial charge in [0.2, 0.25) is 0 Å². The second kappa shape index (κ2) is 3.38. The molecule has 2 aromatic rings. The van der Waals surface area contributed by atoms with E-state index in [-0.39, 0.29) is 11.4 Å². The van der Waals surface area contributed by atoms with Gasteiger partial charge in [-0.1, -0.05) is 0 Å². The first-order chi connectivity index (χ1) is 7.08. The average molecular weight is 208 g/mol. The van der Waals surface area contributed by atoms with Crippen LogP contribution in [0.15, 0.2) is 30.6 Å². The third-order valence-corrected chi connectivity index (χ3v) is 2.07. The zero-order chi connectivity index (χ0) is 11.0. The Kier molecular flexibility index (Phi) is 2.19. The minimum Gasteiger partial charge on any atom is -0.506 e. The van der Waals surface area contributed by atoms with Gasteiger partial charge in [-0.25, -0.2) is 8.78 Å². The zero-order valence-corrected chi connectivity index (χ0v) is 7.74. The van der Waals surface area contributed by atoms with Crippen molar-refractivity contribution in [3.8, 4) is 11.4 Å². The molecule has 0 saturated heterocycles. The lowest BCUT2D eigenvalue weighted by molar-refractivity contribution is 0.473. The number of benzene rings is 1. The van der Waals surface area contributed by atoms with Gasteiger partial charge in [-0.15, -0.1) is 0 Å². The molecule has 1 heterocycles. The van der Waals surface area contributed by atoms with Crippen molar-refractivity contribution >= 4 is 0 Å². The van der Waals surface area contributed by atoms with Crippen molar-refractivity contribution in [1.82, 2.24) is 4.57 Å². The van der Waals surface area contributed by atoms with Gasteiger partial charge in [0.25, 0.3) is 0 Å². The van der Waals surface area contributed by atoms with E-state index in [1.807, 2.05) is 0 Å². The highest BCUT2D eigenvalue weighted by molar-refractivity contribution is 5.41. The molecule has 0 bridgehead atoms. The number of aromatic hydroxyl groups is 1. The van der Waals surface area contributed by atoms with Crippen LogP contribution in [0, 0.1) is 18.6 Å². The highest BCUT2D eigenvalue weighted by Crippen LogP contribution is 2.22. The largest absolute Gasteiger partial charge is 0.506 e. The van der Waals surface area contributed by atoms with Crippen LogP contribution in [0.4, 0.5) is 8.78 Å². The summed E-state index contributed by atoms with van der Waals surface area (Å²) in [5, 5.41) is 9.27. The molecule has 1 radical (unpaired) electrons. The quantitative estimate of drug-likeness (QED) is 0.765. The molecule has 2 rings (SSSR count). The predicted octanol–water partition coefficient (Wildman–Crippen LogP) is 2.64. The molecule has 0 spiro atoms. The van der Waals surface area contributed by atoms with E-state index in [2.05, 4.69) is 6.92 Å². The van der Waals surface area contributed by atoms with E-state index in [9.17, 15) is 13.9 Å². The van der Waals surface area contributed by atoms with Gasteiger partial charge in [-0.3, -0.25) is 0 Å². The molecule has 0 atom stereocenters. The van der Waals surface area contributed by atoms with Gasteiger partial charge < -0.3 is 9.67 Å². The summed E-state index contributed by atoms with van der Waals surface area (Å²) in [5.74, 6) is -1.36. The molecule has 4 heteroatoms. The van der Waals surface area contributed by atoms with Crippen LogP contribution in [0.2, 0.25) is 0 Å². The monoisotopic (exact) mass is 208 g/mol. The molecule has 77 valence electrons. The Balaban J connectivity index is 2.54. The Morgan fingerprint density at radius 3 is 2.47 bits per heavy atom. The maximum Gasteiger partial charge on any atom is 0.150 e. The fraction of sp³-hybridized carbons (Fsp3) is 0. The van der Waals surface area contributed by atoms with E-state index in [1.54, 1.807) is 0 Å². The number of hydrogen-bond acceptors (Lipinski definition) is 1. The molecule has 0 saturated carbocycles. The fourth-order valence-electron chi connectivity index (χ4n) is 1.32. The van der Waals surface area contributed by atoms with E-state index >= 15 is 0 Å². The van der Waals surface area contributed by atoms with Crippen molar-refractivity contribution in [2.24, 2.45) is 0 Å². The van der Waals surface area contributed by atoms with Crippen molar-refractivity contribution < 1.29 is 13.9 Å². The first-order valence-corrected chi connectivity index (χ1v) is 4.26. The molecular formula is C11H8F2NO. The first kappa shape index (κ1) is 9.71. The fourth-order valence-corrected chi connectivity index (χ4v) is 1.32. The van der Waals surface area contributed by atoms with Crippen molar-refractivity contribution in [2.45, 2.75) is 0 Å². The van der Waals surface area contributed by atoms with Crippen LogP contribution in [-0.2, 0) is 0 Å². The van der Waals surface area contributed by atoms with Gasteiger partial charge in [0.15, 0.2) is 0 Å². The zero-order valence-electron chi connectivity index (χ0n) is 7.74. The van der Waals surface area contributed by atoms with Gasteiger partial charge >= 0.3 is 0 Å². The summed E-state index contributed by atoms with van der Waals surface area (Å²) in [5.41, 5.74) is 0.556. The number of nitrogens with zero attached hydrogens (tertiary/aromatic N) is 1. The van der Waals surface area contributed by atoms with Crippen LogP contribution < -0.4 is 0 Å². The Morgan fingerprint density at radius 1 is 1.20 bits per heavy atom. The summed E-state index contributed by atoms with van der Waals surface area (Å²) >= 11 is 0. The van der Waals surface area contributed by atoms with Crippen molar-refractivity contribution in [2.75, 3.05) is 0 Å². The third kappa shape index (κ3) is 1.70. The van der Waals surface area contributed by atoms with Crippen LogP contribution in [-0.4, -0.2) is 9.67 Å². The van der Waals surface area contributed by atoms with Crippen LogP contribution in [0.3, 0.4) is 0 Å². The summed E-state index contributed by atoms with van der Waals surface area (Å²) in [6, 6.07) is 3.23. The summed E-state index contributed by atoms with van der Waals surface area (Å²) < 4.78 is 27.3. The van der Waals surface area contributed by atoms with E-state index in [4.69, 9.17) is 0 Å². The molecule has 1 N–H and O–H groups in total. The Hall–Kier alpha value is -1.84. The van der Waals surface area contributed by atoms with Crippen molar-refractivity contribution in [1.29, 1.82) is 0 Å². The maximum atomic E-state index is 13.3. The lowest BCUT2D eigenvalue weighted by atomic mass is 10.3. The molecule has 2 nitrogen and oxygen atoms in total. The molecule has 15 heavy (non-hydrogen) atoms. The van der Waals surface area contributed by atoms with E-state index < -0.39 is 11.6 Å². The topological polar surface area (TPSA) is 25.2 Å². The lowest BCUT2D eigenvalue weighted by Gasteiger charge is -2.03. The number of hydrogen-bond donors (Lipinski definition) is 1. The van der Waals surface area contributed by atoms with E-state index in [0.29, 0.717) is 5.56 Å². The number of aromatic nitrogens is 1. The van der Waals surface area contributed by atoms with Gasteiger partial charge in [0.05, 0.1) is 11.9 Å². The smallest absolute Gasteiger partial charge is 0.150 e. The van der Waals surface area contributed by atoms with E-state index in [0.717, 1.165) is 12.1 Å². The third-order valence-electron chi connectivity index (χ3n) is 2.07. The van der Waals surface area contributed by atoms with Gasteiger partial charge in [0, 0.05) is 17.8 Å². The van der Waals surface area contributed by atoms with Crippen LogP contribution in [0.25, 0.3) is 5.69 Å². The highest BCUT2D eigenvalue weighted by Gasteiger charge is 2.08. The summed E-state index contributed by atoms with van der Waals surface area (Å²) in [4.78, 5) is 0. The molecule has 0 amide bonds. The van der Waals surface area contributed by atoms with Crippen LogP contribution in [0.5, 0.6) is 5.75 Å². The molecule has 0 aliphatic carbocycles. The molecule has 0 unspecified atom stereocenters. The number of halogens is 2. The van der Waals surface area contributed by atoms with Crippen LogP contribution >= 0.6 is 0 Å². The maximum absolute atomic E-state index is 13.3. The average Bonchev–Trinajstić information content (AvgIpc) is 2.46. The summed E-state index contributed by atoms with van der Waals surface area (Å²) in [6.07, 6.45) is 2.78. The second-order valence-corrected chi connectivity index (χ2v) is 3.17. The lowest BCUT2D eigenvalue weighted by Crippen LogP contribution is -1.94.